The van der Waals surface area contributed by atoms with Crippen molar-refractivity contribution in [2.45, 2.75) is 13.8 Å². The highest BCUT2D eigenvalue weighted by molar-refractivity contribution is 5.58. The molecule has 0 aromatic heterocycles. The summed E-state index contributed by atoms with van der Waals surface area (Å²) in [5.74, 6) is 0.822. The average molecular weight is 192 g/mol. The van der Waals surface area contributed by atoms with E-state index in [0.29, 0.717) is 6.61 Å². The number of ether oxygens (including phenoxy) is 1. The van der Waals surface area contributed by atoms with Crippen LogP contribution in [0.4, 0.5) is 0 Å². The Morgan fingerprint density at radius 3 is 2.71 bits per heavy atom. The summed E-state index contributed by atoms with van der Waals surface area (Å²) in [4.78, 5) is 0. The summed E-state index contributed by atoms with van der Waals surface area (Å²) in [6.45, 7) is 4.47. The molecule has 0 fully saturated rings. The molecule has 0 amide bonds. The minimum Gasteiger partial charge on any atom is -0.491 e. The van der Waals surface area contributed by atoms with E-state index in [4.69, 9.17) is 9.84 Å². The Kier molecular flexibility index (Phi) is 4.20. The lowest BCUT2D eigenvalue weighted by atomic mass is 10.1. The number of rotatable bonds is 4. The number of benzene rings is 1. The van der Waals surface area contributed by atoms with Gasteiger partial charge in [0.25, 0.3) is 0 Å². The number of para-hydroxylation sites is 1. The van der Waals surface area contributed by atoms with Crippen molar-refractivity contribution in [1.29, 1.82) is 0 Å². The molecule has 0 heterocycles. The second-order valence-electron chi connectivity index (χ2n) is 3.33. The molecule has 1 rings (SSSR count). The van der Waals surface area contributed by atoms with E-state index in [1.165, 1.54) is 5.57 Å². The molecular weight excluding hydrogens is 176 g/mol. The van der Waals surface area contributed by atoms with Gasteiger partial charge in [0, 0.05) is 5.56 Å². The van der Waals surface area contributed by atoms with Crippen LogP contribution in [0, 0.1) is 0 Å². The van der Waals surface area contributed by atoms with E-state index in [2.05, 4.69) is 6.08 Å². The van der Waals surface area contributed by atoms with Crippen LogP contribution in [0.3, 0.4) is 0 Å². The minimum atomic E-state index is 0.0448. The number of aliphatic hydroxyl groups excluding tert-OH is 1. The molecule has 0 aliphatic heterocycles. The first-order valence-corrected chi connectivity index (χ1v) is 4.71. The lowest BCUT2D eigenvalue weighted by Gasteiger charge is -2.07. The highest BCUT2D eigenvalue weighted by atomic mass is 16.5. The first-order chi connectivity index (χ1) is 6.74. The minimum absolute atomic E-state index is 0.0448. The molecular formula is C12H16O2. The van der Waals surface area contributed by atoms with Gasteiger partial charge in [-0.2, -0.15) is 0 Å². The fourth-order valence-electron chi connectivity index (χ4n) is 1.20. The second kappa shape index (κ2) is 5.45. The van der Waals surface area contributed by atoms with Gasteiger partial charge in [-0.05, 0) is 19.9 Å². The van der Waals surface area contributed by atoms with E-state index >= 15 is 0 Å². The standard InChI is InChI=1S/C12H16O2/c1-10(2)9-11-5-3-4-6-12(11)14-8-7-13/h3-6,9,13H,7-8H2,1-2H3. The van der Waals surface area contributed by atoms with Crippen LogP contribution >= 0.6 is 0 Å². The van der Waals surface area contributed by atoms with Crippen molar-refractivity contribution in [2.75, 3.05) is 13.2 Å². The smallest absolute Gasteiger partial charge is 0.126 e. The molecule has 0 unspecified atom stereocenters. The summed E-state index contributed by atoms with van der Waals surface area (Å²) < 4.78 is 5.39. The Balaban J connectivity index is 2.86. The highest BCUT2D eigenvalue weighted by Crippen LogP contribution is 2.20. The molecule has 76 valence electrons. The summed E-state index contributed by atoms with van der Waals surface area (Å²) >= 11 is 0. The Hall–Kier alpha value is -1.28. The van der Waals surface area contributed by atoms with Crippen LogP contribution in [0.25, 0.3) is 6.08 Å². The van der Waals surface area contributed by atoms with Crippen molar-refractivity contribution in [3.63, 3.8) is 0 Å². The molecule has 1 N–H and O–H groups in total. The molecule has 2 heteroatoms. The Morgan fingerprint density at radius 1 is 1.36 bits per heavy atom. The monoisotopic (exact) mass is 192 g/mol. The SMILES string of the molecule is CC(C)=Cc1ccccc1OCCO. The van der Waals surface area contributed by atoms with E-state index in [-0.39, 0.29) is 6.61 Å². The summed E-state index contributed by atoms with van der Waals surface area (Å²) in [5, 5.41) is 8.66. The molecule has 0 spiro atoms. The van der Waals surface area contributed by atoms with E-state index in [0.717, 1.165) is 11.3 Å². The molecule has 14 heavy (non-hydrogen) atoms. The van der Waals surface area contributed by atoms with Crippen LogP contribution in [-0.4, -0.2) is 18.3 Å². The molecule has 0 saturated heterocycles. The Morgan fingerprint density at radius 2 is 2.07 bits per heavy atom. The largest absolute Gasteiger partial charge is 0.491 e. The van der Waals surface area contributed by atoms with Gasteiger partial charge in [-0.15, -0.1) is 0 Å². The van der Waals surface area contributed by atoms with E-state index < -0.39 is 0 Å². The van der Waals surface area contributed by atoms with Crippen LogP contribution in [0.1, 0.15) is 19.4 Å². The van der Waals surface area contributed by atoms with Gasteiger partial charge in [0.2, 0.25) is 0 Å². The summed E-state index contributed by atoms with van der Waals surface area (Å²) in [7, 11) is 0. The van der Waals surface area contributed by atoms with Gasteiger partial charge in [-0.25, -0.2) is 0 Å². The zero-order chi connectivity index (χ0) is 10.4. The van der Waals surface area contributed by atoms with Crippen LogP contribution in [0.5, 0.6) is 5.75 Å². The number of aliphatic hydroxyl groups is 1. The van der Waals surface area contributed by atoms with Gasteiger partial charge in [0.05, 0.1) is 6.61 Å². The van der Waals surface area contributed by atoms with Gasteiger partial charge in [0.1, 0.15) is 12.4 Å². The van der Waals surface area contributed by atoms with Gasteiger partial charge < -0.3 is 9.84 Å². The predicted octanol–water partition coefficient (Wildman–Crippen LogP) is 2.48. The molecule has 1 aromatic rings. The summed E-state index contributed by atoms with van der Waals surface area (Å²) in [5.41, 5.74) is 2.28. The summed E-state index contributed by atoms with van der Waals surface area (Å²) in [6, 6.07) is 7.81. The van der Waals surface area contributed by atoms with Crippen molar-refractivity contribution in [2.24, 2.45) is 0 Å². The lowest BCUT2D eigenvalue weighted by Crippen LogP contribution is -2.02. The van der Waals surface area contributed by atoms with Crippen LogP contribution in [0.15, 0.2) is 29.8 Å². The number of hydrogen-bond donors (Lipinski definition) is 1. The van der Waals surface area contributed by atoms with Crippen LogP contribution in [-0.2, 0) is 0 Å². The molecule has 1 aromatic carbocycles. The third-order valence-corrected chi connectivity index (χ3v) is 1.71. The molecule has 0 aliphatic carbocycles. The van der Waals surface area contributed by atoms with Crippen LogP contribution in [0.2, 0.25) is 0 Å². The van der Waals surface area contributed by atoms with E-state index in [1.807, 2.05) is 38.1 Å². The zero-order valence-electron chi connectivity index (χ0n) is 8.66. The van der Waals surface area contributed by atoms with Gasteiger partial charge >= 0.3 is 0 Å². The second-order valence-corrected chi connectivity index (χ2v) is 3.33. The highest BCUT2D eigenvalue weighted by Gasteiger charge is 1.98. The van der Waals surface area contributed by atoms with Crippen molar-refractivity contribution in [3.8, 4) is 5.75 Å². The first kappa shape index (κ1) is 10.8. The van der Waals surface area contributed by atoms with Gasteiger partial charge in [-0.3, -0.25) is 0 Å². The predicted molar refractivity (Wildman–Crippen MR) is 58.3 cm³/mol. The summed E-state index contributed by atoms with van der Waals surface area (Å²) in [6.07, 6.45) is 2.06. The van der Waals surface area contributed by atoms with Crippen molar-refractivity contribution in [1.82, 2.24) is 0 Å². The van der Waals surface area contributed by atoms with Crippen molar-refractivity contribution < 1.29 is 9.84 Å². The molecule has 2 nitrogen and oxygen atoms in total. The zero-order valence-corrected chi connectivity index (χ0v) is 8.66. The van der Waals surface area contributed by atoms with E-state index in [9.17, 15) is 0 Å². The van der Waals surface area contributed by atoms with Crippen molar-refractivity contribution >= 4 is 6.08 Å². The Labute approximate surface area is 84.8 Å². The first-order valence-electron chi connectivity index (χ1n) is 4.71. The maximum absolute atomic E-state index is 8.66. The normalized spacial score (nSPS) is 9.64. The molecule has 0 bridgehead atoms. The Bertz CT molecular complexity index is 312. The fourth-order valence-corrected chi connectivity index (χ4v) is 1.20. The van der Waals surface area contributed by atoms with E-state index in [1.54, 1.807) is 0 Å². The topological polar surface area (TPSA) is 29.5 Å². The third kappa shape index (κ3) is 3.23. The maximum atomic E-state index is 8.66. The quantitative estimate of drug-likeness (QED) is 0.794. The molecule has 0 aliphatic rings. The third-order valence-electron chi connectivity index (χ3n) is 1.71. The maximum Gasteiger partial charge on any atom is 0.126 e. The number of allylic oxidation sites excluding steroid dienone is 1. The lowest BCUT2D eigenvalue weighted by molar-refractivity contribution is 0.201. The fraction of sp³-hybridized carbons (Fsp3) is 0.333. The van der Waals surface area contributed by atoms with Gasteiger partial charge in [0.15, 0.2) is 0 Å². The molecule has 0 radical (unpaired) electrons. The van der Waals surface area contributed by atoms with Gasteiger partial charge in [-0.1, -0.05) is 29.8 Å². The molecule has 0 saturated carbocycles. The van der Waals surface area contributed by atoms with Crippen LogP contribution < -0.4 is 4.74 Å². The average Bonchev–Trinajstić information content (AvgIpc) is 2.16. The molecule has 0 atom stereocenters. The number of hydrogen-bond acceptors (Lipinski definition) is 2. The van der Waals surface area contributed by atoms with Crippen molar-refractivity contribution in [3.05, 3.63) is 35.4 Å².